The summed E-state index contributed by atoms with van der Waals surface area (Å²) in [6.45, 7) is 3.17. The van der Waals surface area contributed by atoms with Gasteiger partial charge in [-0.3, -0.25) is 4.79 Å². The SMILES string of the molecule is CCOCCOc1nc(-c2cccc(F)c2)n(-c2ccc(NC(=O)c3ccccc3Cl)cc2)n1. The molecule has 1 aromatic heterocycles. The summed E-state index contributed by atoms with van der Waals surface area (Å²) < 4.78 is 26.3. The van der Waals surface area contributed by atoms with Gasteiger partial charge in [0, 0.05) is 17.9 Å². The first kappa shape index (κ1) is 23.4. The van der Waals surface area contributed by atoms with Gasteiger partial charge < -0.3 is 14.8 Å². The minimum atomic E-state index is -0.386. The average molecular weight is 481 g/mol. The molecule has 9 heteroatoms. The van der Waals surface area contributed by atoms with Crippen LogP contribution >= 0.6 is 11.6 Å². The standard InChI is InChI=1S/C25H22ClFN4O3/c1-2-33-14-15-34-25-29-23(17-6-5-7-18(27)16-17)31(30-25)20-12-10-19(11-13-20)28-24(32)21-8-3-4-9-22(21)26/h3-13,16H,2,14-15H2,1H3,(H,28,32). The Hall–Kier alpha value is -3.75. The zero-order chi connectivity index (χ0) is 23.9. The fraction of sp³-hybridized carbons (Fsp3) is 0.160. The predicted octanol–water partition coefficient (Wildman–Crippen LogP) is 5.39. The lowest BCUT2D eigenvalue weighted by atomic mass is 10.2. The lowest BCUT2D eigenvalue weighted by Crippen LogP contribution is -2.12. The number of aromatic nitrogens is 3. The largest absolute Gasteiger partial charge is 0.460 e. The molecule has 1 heterocycles. The third-order valence-corrected chi connectivity index (χ3v) is 5.15. The third-order valence-electron chi connectivity index (χ3n) is 4.82. The van der Waals surface area contributed by atoms with Crippen LogP contribution in [0.2, 0.25) is 5.02 Å². The van der Waals surface area contributed by atoms with E-state index < -0.39 is 0 Å². The summed E-state index contributed by atoms with van der Waals surface area (Å²) >= 11 is 6.11. The molecule has 0 atom stereocenters. The first-order chi connectivity index (χ1) is 16.5. The number of nitrogens with one attached hydrogen (secondary N) is 1. The molecule has 7 nitrogen and oxygen atoms in total. The van der Waals surface area contributed by atoms with Gasteiger partial charge in [-0.15, -0.1) is 5.10 Å². The highest BCUT2D eigenvalue weighted by Gasteiger charge is 2.16. The lowest BCUT2D eigenvalue weighted by Gasteiger charge is -2.09. The molecule has 4 rings (SSSR count). The van der Waals surface area contributed by atoms with Gasteiger partial charge in [-0.25, -0.2) is 9.07 Å². The number of halogens is 2. The summed E-state index contributed by atoms with van der Waals surface area (Å²) in [5.41, 5.74) is 2.16. The summed E-state index contributed by atoms with van der Waals surface area (Å²) in [7, 11) is 0. The van der Waals surface area contributed by atoms with E-state index in [9.17, 15) is 9.18 Å². The summed E-state index contributed by atoms with van der Waals surface area (Å²) in [5.74, 6) is -0.285. The van der Waals surface area contributed by atoms with Crippen LogP contribution in [-0.2, 0) is 4.74 Å². The topological polar surface area (TPSA) is 78.3 Å². The normalized spacial score (nSPS) is 10.8. The molecule has 0 bridgehead atoms. The van der Waals surface area contributed by atoms with Crippen LogP contribution in [0.3, 0.4) is 0 Å². The molecule has 174 valence electrons. The molecule has 0 fully saturated rings. The van der Waals surface area contributed by atoms with Crippen LogP contribution in [0.15, 0.2) is 72.8 Å². The van der Waals surface area contributed by atoms with E-state index in [1.165, 1.54) is 12.1 Å². The molecule has 0 aliphatic heterocycles. The molecule has 0 saturated carbocycles. The average Bonchev–Trinajstić information content (AvgIpc) is 3.27. The third kappa shape index (κ3) is 5.59. The number of carbonyl (C=O) groups excluding carboxylic acids is 1. The van der Waals surface area contributed by atoms with E-state index in [4.69, 9.17) is 21.1 Å². The Balaban J connectivity index is 1.59. The van der Waals surface area contributed by atoms with Gasteiger partial charge in [0.25, 0.3) is 5.91 Å². The van der Waals surface area contributed by atoms with Crippen LogP contribution in [0.4, 0.5) is 10.1 Å². The van der Waals surface area contributed by atoms with Crippen molar-refractivity contribution in [1.82, 2.24) is 14.8 Å². The van der Waals surface area contributed by atoms with Crippen molar-refractivity contribution in [2.45, 2.75) is 6.92 Å². The predicted molar refractivity (Wildman–Crippen MR) is 128 cm³/mol. The van der Waals surface area contributed by atoms with Crippen LogP contribution in [0.25, 0.3) is 17.1 Å². The maximum atomic E-state index is 13.9. The molecule has 1 N–H and O–H groups in total. The second-order valence-corrected chi connectivity index (χ2v) is 7.57. The van der Waals surface area contributed by atoms with E-state index in [2.05, 4.69) is 15.4 Å². The molecular formula is C25H22ClFN4O3. The van der Waals surface area contributed by atoms with E-state index in [0.717, 1.165) is 0 Å². The Kier molecular flexibility index (Phi) is 7.51. The molecule has 0 saturated heterocycles. The highest BCUT2D eigenvalue weighted by atomic mass is 35.5. The van der Waals surface area contributed by atoms with Crippen molar-refractivity contribution in [3.8, 4) is 23.1 Å². The molecule has 0 spiro atoms. The van der Waals surface area contributed by atoms with Gasteiger partial charge in [-0.1, -0.05) is 35.9 Å². The van der Waals surface area contributed by atoms with Crippen molar-refractivity contribution >= 4 is 23.2 Å². The number of hydrogen-bond donors (Lipinski definition) is 1. The van der Waals surface area contributed by atoms with Crippen molar-refractivity contribution in [2.75, 3.05) is 25.1 Å². The molecule has 0 aliphatic rings. The van der Waals surface area contributed by atoms with Crippen LogP contribution in [-0.4, -0.2) is 40.5 Å². The second kappa shape index (κ2) is 10.9. The molecule has 3 aromatic carbocycles. The number of ether oxygens (including phenoxy) is 2. The molecule has 0 aliphatic carbocycles. The van der Waals surface area contributed by atoms with Crippen LogP contribution in [0.1, 0.15) is 17.3 Å². The summed E-state index contributed by atoms with van der Waals surface area (Å²) in [5, 5.41) is 7.63. The number of nitrogens with zero attached hydrogens (tertiary/aromatic N) is 3. The maximum absolute atomic E-state index is 13.9. The Morgan fingerprint density at radius 3 is 2.59 bits per heavy atom. The minimum absolute atomic E-state index is 0.148. The maximum Gasteiger partial charge on any atom is 0.336 e. The Bertz CT molecular complexity index is 1280. The Morgan fingerprint density at radius 1 is 1.06 bits per heavy atom. The monoisotopic (exact) mass is 480 g/mol. The number of rotatable bonds is 9. The molecule has 4 aromatic rings. The van der Waals surface area contributed by atoms with Crippen molar-refractivity contribution in [3.63, 3.8) is 0 Å². The number of benzene rings is 3. The van der Waals surface area contributed by atoms with Crippen molar-refractivity contribution in [3.05, 3.63) is 89.2 Å². The zero-order valence-corrected chi connectivity index (χ0v) is 19.1. The number of carbonyl (C=O) groups is 1. The van der Waals surface area contributed by atoms with Crippen LogP contribution in [0.5, 0.6) is 6.01 Å². The lowest BCUT2D eigenvalue weighted by molar-refractivity contribution is 0.102. The molecule has 34 heavy (non-hydrogen) atoms. The van der Waals surface area contributed by atoms with Gasteiger partial charge in [0.1, 0.15) is 12.4 Å². The fourth-order valence-electron chi connectivity index (χ4n) is 3.21. The summed E-state index contributed by atoms with van der Waals surface area (Å²) in [6, 6.07) is 20.1. The van der Waals surface area contributed by atoms with Crippen LogP contribution < -0.4 is 10.1 Å². The molecular weight excluding hydrogens is 459 g/mol. The van der Waals surface area contributed by atoms with E-state index in [1.54, 1.807) is 65.3 Å². The number of anilines is 1. The Morgan fingerprint density at radius 2 is 1.85 bits per heavy atom. The summed E-state index contributed by atoms with van der Waals surface area (Å²) in [6.07, 6.45) is 0. The quantitative estimate of drug-likeness (QED) is 0.325. The second-order valence-electron chi connectivity index (χ2n) is 7.17. The minimum Gasteiger partial charge on any atom is -0.460 e. The first-order valence-electron chi connectivity index (χ1n) is 10.6. The van der Waals surface area contributed by atoms with E-state index in [1.807, 2.05) is 6.92 Å². The zero-order valence-electron chi connectivity index (χ0n) is 18.4. The Labute approximate surface area is 201 Å². The number of hydrogen-bond acceptors (Lipinski definition) is 5. The van der Waals surface area contributed by atoms with Crippen LogP contribution in [0, 0.1) is 5.82 Å². The first-order valence-corrected chi connectivity index (χ1v) is 11.0. The van der Waals surface area contributed by atoms with E-state index in [-0.39, 0.29) is 24.3 Å². The van der Waals surface area contributed by atoms with E-state index in [0.29, 0.717) is 46.6 Å². The van der Waals surface area contributed by atoms with Gasteiger partial charge >= 0.3 is 6.01 Å². The summed E-state index contributed by atoms with van der Waals surface area (Å²) in [4.78, 5) is 17.0. The van der Waals surface area contributed by atoms with E-state index >= 15 is 0 Å². The van der Waals surface area contributed by atoms with Gasteiger partial charge in [0.15, 0.2) is 5.82 Å². The molecule has 1 amide bonds. The fourth-order valence-corrected chi connectivity index (χ4v) is 3.44. The number of amides is 1. The highest BCUT2D eigenvalue weighted by Crippen LogP contribution is 2.25. The molecule has 0 radical (unpaired) electrons. The molecule has 0 unspecified atom stereocenters. The van der Waals surface area contributed by atoms with Crippen molar-refractivity contribution in [2.24, 2.45) is 0 Å². The smallest absolute Gasteiger partial charge is 0.336 e. The van der Waals surface area contributed by atoms with Crippen molar-refractivity contribution in [1.29, 1.82) is 0 Å². The van der Waals surface area contributed by atoms with Gasteiger partial charge in [-0.05, 0) is 55.5 Å². The van der Waals surface area contributed by atoms with Crippen molar-refractivity contribution < 1.29 is 18.7 Å². The highest BCUT2D eigenvalue weighted by molar-refractivity contribution is 6.34. The van der Waals surface area contributed by atoms with Gasteiger partial charge in [0.2, 0.25) is 0 Å². The van der Waals surface area contributed by atoms with Gasteiger partial charge in [-0.2, -0.15) is 4.98 Å². The van der Waals surface area contributed by atoms with Gasteiger partial charge in [0.05, 0.1) is 22.9 Å².